The first-order chi connectivity index (χ1) is 14.7. The lowest BCUT2D eigenvalue weighted by molar-refractivity contribution is -0.137. The van der Waals surface area contributed by atoms with Gasteiger partial charge >= 0.3 is 6.18 Å². The second-order valence-corrected chi connectivity index (χ2v) is 7.62. The van der Waals surface area contributed by atoms with Crippen LogP contribution in [0.2, 0.25) is 0 Å². The lowest BCUT2D eigenvalue weighted by Crippen LogP contribution is -2.40. The quantitative estimate of drug-likeness (QED) is 0.723. The molecule has 0 atom stereocenters. The molecule has 0 bridgehead atoms. The van der Waals surface area contributed by atoms with E-state index in [-0.39, 0.29) is 22.7 Å². The van der Waals surface area contributed by atoms with Crippen LogP contribution in [0.5, 0.6) is 0 Å². The highest BCUT2D eigenvalue weighted by Gasteiger charge is 2.40. The number of aromatic amines is 1. The van der Waals surface area contributed by atoms with Gasteiger partial charge in [0.1, 0.15) is 5.69 Å². The van der Waals surface area contributed by atoms with Crippen molar-refractivity contribution < 1.29 is 27.6 Å². The highest BCUT2D eigenvalue weighted by Crippen LogP contribution is 2.32. The van der Waals surface area contributed by atoms with Crippen molar-refractivity contribution in [1.29, 1.82) is 0 Å². The Balaban J connectivity index is 1.59. The number of imide groups is 1. The maximum atomic E-state index is 12.9. The zero-order valence-corrected chi connectivity index (χ0v) is 16.2. The number of nitrogens with zero attached hydrogens (tertiary/aromatic N) is 1. The summed E-state index contributed by atoms with van der Waals surface area (Å²) in [6.07, 6.45) is 0.186. The number of benzene rings is 1. The molecular weight excluding hydrogens is 415 g/mol. The van der Waals surface area contributed by atoms with Crippen LogP contribution >= 0.6 is 0 Å². The van der Waals surface area contributed by atoms with Crippen LogP contribution in [-0.2, 0) is 6.18 Å². The van der Waals surface area contributed by atoms with E-state index in [1.807, 2.05) is 4.98 Å². The number of amides is 3. The Morgan fingerprint density at radius 3 is 2.35 bits per heavy atom. The minimum Gasteiger partial charge on any atom is -0.327 e. The molecule has 0 spiro atoms. The zero-order valence-electron chi connectivity index (χ0n) is 16.2. The predicted molar refractivity (Wildman–Crippen MR) is 104 cm³/mol. The Hall–Kier alpha value is -3.43. The number of carbonyl (C=O) groups excluding carboxylic acids is 3. The highest BCUT2D eigenvalue weighted by atomic mass is 19.4. The lowest BCUT2D eigenvalue weighted by Gasteiger charge is -2.29. The van der Waals surface area contributed by atoms with E-state index in [0.29, 0.717) is 12.3 Å². The summed E-state index contributed by atoms with van der Waals surface area (Å²) in [7, 11) is 0. The Bertz CT molecular complexity index is 1130. The van der Waals surface area contributed by atoms with Crippen molar-refractivity contribution in [3.63, 3.8) is 0 Å². The van der Waals surface area contributed by atoms with Crippen LogP contribution in [0, 0.1) is 0 Å². The van der Waals surface area contributed by atoms with Crippen molar-refractivity contribution in [2.75, 3.05) is 5.32 Å². The minimum atomic E-state index is -4.70. The maximum absolute atomic E-state index is 12.9. The average molecular weight is 433 g/mol. The van der Waals surface area contributed by atoms with Gasteiger partial charge in [0.05, 0.1) is 16.7 Å². The van der Waals surface area contributed by atoms with Gasteiger partial charge in [0.25, 0.3) is 23.3 Å². The number of halogens is 3. The molecule has 162 valence electrons. The molecule has 10 heteroatoms. The molecule has 7 nitrogen and oxygen atoms in total. The van der Waals surface area contributed by atoms with Crippen molar-refractivity contribution in [2.45, 2.75) is 44.3 Å². The fourth-order valence-electron chi connectivity index (χ4n) is 4.01. The second kappa shape index (κ2) is 7.68. The molecule has 4 rings (SSSR count). The van der Waals surface area contributed by atoms with Crippen molar-refractivity contribution in [2.24, 2.45) is 0 Å². The highest BCUT2D eigenvalue weighted by molar-refractivity contribution is 6.22. The van der Waals surface area contributed by atoms with Crippen LogP contribution in [0.3, 0.4) is 0 Å². The average Bonchev–Trinajstić information content (AvgIpc) is 2.99. The number of H-pyrrole nitrogens is 1. The fraction of sp³-hybridized carbons (Fsp3) is 0.333. The standard InChI is InChI=1S/C21H18F3N3O4/c22-21(23,24)12-9-16(18(29)25-10-12)26-17(28)11-6-7-14-15(8-11)20(31)27(19(14)30)13-4-2-1-3-5-13/h6-10,13H,1-5H2,(H,25,29)(H,26,28). The third kappa shape index (κ3) is 3.85. The summed E-state index contributed by atoms with van der Waals surface area (Å²) in [5.74, 6) is -1.77. The fourth-order valence-corrected chi connectivity index (χ4v) is 4.01. The molecule has 1 saturated carbocycles. The van der Waals surface area contributed by atoms with E-state index in [1.54, 1.807) is 0 Å². The van der Waals surface area contributed by atoms with Gasteiger partial charge in [-0.05, 0) is 37.1 Å². The van der Waals surface area contributed by atoms with Crippen LogP contribution in [0.4, 0.5) is 18.9 Å². The molecule has 3 amide bonds. The molecule has 0 unspecified atom stereocenters. The largest absolute Gasteiger partial charge is 0.417 e. The van der Waals surface area contributed by atoms with Crippen molar-refractivity contribution in [3.05, 3.63) is 63.1 Å². The van der Waals surface area contributed by atoms with Gasteiger partial charge in [0.2, 0.25) is 0 Å². The van der Waals surface area contributed by atoms with E-state index < -0.39 is 40.7 Å². The van der Waals surface area contributed by atoms with Gasteiger partial charge in [0, 0.05) is 17.8 Å². The summed E-state index contributed by atoms with van der Waals surface area (Å²) in [6, 6.07) is 4.23. The summed E-state index contributed by atoms with van der Waals surface area (Å²) in [4.78, 5) is 53.1. The lowest BCUT2D eigenvalue weighted by atomic mass is 9.94. The number of aromatic nitrogens is 1. The number of pyridine rings is 1. The monoisotopic (exact) mass is 433 g/mol. The van der Waals surface area contributed by atoms with Gasteiger partial charge in [-0.1, -0.05) is 19.3 Å². The van der Waals surface area contributed by atoms with Crippen LogP contribution < -0.4 is 10.9 Å². The number of anilines is 1. The summed E-state index contributed by atoms with van der Waals surface area (Å²) < 4.78 is 38.6. The van der Waals surface area contributed by atoms with Gasteiger partial charge in [-0.2, -0.15) is 13.2 Å². The maximum Gasteiger partial charge on any atom is 0.417 e. The summed E-state index contributed by atoms with van der Waals surface area (Å²) in [5, 5.41) is 2.14. The van der Waals surface area contributed by atoms with Crippen molar-refractivity contribution >= 4 is 23.4 Å². The number of hydrogen-bond donors (Lipinski definition) is 2. The van der Waals surface area contributed by atoms with E-state index in [9.17, 15) is 32.3 Å². The number of rotatable bonds is 3. The van der Waals surface area contributed by atoms with Crippen LogP contribution in [0.25, 0.3) is 0 Å². The molecule has 1 aliphatic carbocycles. The molecule has 2 heterocycles. The third-order valence-electron chi connectivity index (χ3n) is 5.60. The first-order valence-electron chi connectivity index (χ1n) is 9.80. The molecule has 31 heavy (non-hydrogen) atoms. The minimum absolute atomic E-state index is 0.0535. The normalized spacial score (nSPS) is 17.1. The molecular formula is C21H18F3N3O4. The Kier molecular flexibility index (Phi) is 5.16. The van der Waals surface area contributed by atoms with Crippen LogP contribution in [0.1, 0.15) is 68.7 Å². The van der Waals surface area contributed by atoms with E-state index in [4.69, 9.17) is 0 Å². The van der Waals surface area contributed by atoms with Crippen molar-refractivity contribution in [1.82, 2.24) is 9.88 Å². The molecule has 1 fully saturated rings. The number of fused-ring (bicyclic) bond motifs is 1. The van der Waals surface area contributed by atoms with Gasteiger partial charge in [-0.3, -0.25) is 24.1 Å². The summed E-state index contributed by atoms with van der Waals surface area (Å²) in [5.41, 5.74) is -2.41. The number of nitrogens with one attached hydrogen (secondary N) is 2. The Morgan fingerprint density at radius 1 is 1.00 bits per heavy atom. The molecule has 2 aliphatic rings. The smallest absolute Gasteiger partial charge is 0.327 e. The molecule has 0 radical (unpaired) electrons. The van der Waals surface area contributed by atoms with E-state index in [0.717, 1.165) is 32.1 Å². The first kappa shape index (κ1) is 20.8. The van der Waals surface area contributed by atoms with E-state index in [2.05, 4.69) is 5.32 Å². The van der Waals surface area contributed by atoms with Crippen LogP contribution in [-0.4, -0.2) is 33.6 Å². The molecule has 0 saturated heterocycles. The molecule has 2 aromatic rings. The number of carbonyl (C=O) groups is 3. The molecule has 1 aromatic carbocycles. The van der Waals surface area contributed by atoms with E-state index >= 15 is 0 Å². The zero-order chi connectivity index (χ0) is 22.3. The topological polar surface area (TPSA) is 99.3 Å². The summed E-state index contributed by atoms with van der Waals surface area (Å²) >= 11 is 0. The van der Waals surface area contributed by atoms with Crippen molar-refractivity contribution in [3.8, 4) is 0 Å². The van der Waals surface area contributed by atoms with Gasteiger partial charge in [-0.15, -0.1) is 0 Å². The van der Waals surface area contributed by atoms with Gasteiger partial charge in [0.15, 0.2) is 0 Å². The molecule has 2 N–H and O–H groups in total. The number of hydrogen-bond acceptors (Lipinski definition) is 4. The van der Waals surface area contributed by atoms with Gasteiger partial charge in [-0.25, -0.2) is 0 Å². The van der Waals surface area contributed by atoms with E-state index in [1.165, 1.54) is 23.1 Å². The summed E-state index contributed by atoms with van der Waals surface area (Å²) in [6.45, 7) is 0. The predicted octanol–water partition coefficient (Wildman–Crippen LogP) is 3.57. The molecule has 1 aliphatic heterocycles. The van der Waals surface area contributed by atoms with Crippen LogP contribution in [0.15, 0.2) is 35.3 Å². The van der Waals surface area contributed by atoms with Gasteiger partial charge < -0.3 is 10.3 Å². The third-order valence-corrected chi connectivity index (χ3v) is 5.60. The SMILES string of the molecule is O=C(Nc1cc(C(F)(F)F)c[nH]c1=O)c1ccc2c(c1)C(=O)N(C1CCCCC1)C2=O. The Morgan fingerprint density at radius 2 is 1.68 bits per heavy atom. The molecule has 1 aromatic heterocycles. The first-order valence-corrected chi connectivity index (χ1v) is 9.80. The Labute approximate surface area is 174 Å². The number of alkyl halides is 3. The second-order valence-electron chi connectivity index (χ2n) is 7.62.